The normalized spacial score (nSPS) is 16.4. The Kier molecular flexibility index (Phi) is 6.56. The van der Waals surface area contributed by atoms with Crippen LogP contribution in [-0.4, -0.2) is 62.0 Å². The molecule has 154 valence electrons. The molecule has 3 aromatic rings. The van der Waals surface area contributed by atoms with Crippen LogP contribution in [0.5, 0.6) is 0 Å². The first-order valence-corrected chi connectivity index (χ1v) is 10.3. The van der Waals surface area contributed by atoms with E-state index in [1.165, 1.54) is 0 Å². The number of aliphatic hydroxyl groups is 1. The summed E-state index contributed by atoms with van der Waals surface area (Å²) in [5, 5.41) is 14.8. The van der Waals surface area contributed by atoms with Gasteiger partial charge in [-0.05, 0) is 55.8 Å². The molecule has 1 aromatic heterocycles. The summed E-state index contributed by atoms with van der Waals surface area (Å²) in [6.45, 7) is 6.13. The smallest absolute Gasteiger partial charge is 0.200 e. The lowest BCUT2D eigenvalue weighted by Crippen LogP contribution is -2.38. The van der Waals surface area contributed by atoms with Gasteiger partial charge in [0.05, 0.1) is 30.1 Å². The van der Waals surface area contributed by atoms with E-state index in [9.17, 15) is 9.90 Å². The first kappa shape index (κ1) is 20.0. The number of ether oxygens (including phenoxy) is 1. The maximum atomic E-state index is 12.8. The molecule has 0 amide bonds. The van der Waals surface area contributed by atoms with E-state index in [0.717, 1.165) is 51.4 Å². The number of nitrogens with zero attached hydrogens (tertiary/aromatic N) is 1. The predicted molar refractivity (Wildman–Crippen MR) is 114 cm³/mol. The molecule has 1 fully saturated rings. The lowest BCUT2D eigenvalue weighted by Gasteiger charge is -2.26. The molecule has 1 saturated heterocycles. The molecule has 6 nitrogen and oxygen atoms in total. The Hall–Kier alpha value is -2.25. The molecule has 2 aromatic carbocycles. The fourth-order valence-corrected chi connectivity index (χ4v) is 3.84. The van der Waals surface area contributed by atoms with Crippen molar-refractivity contribution in [3.05, 3.63) is 58.3 Å². The van der Waals surface area contributed by atoms with Crippen molar-refractivity contribution in [1.29, 1.82) is 0 Å². The van der Waals surface area contributed by atoms with Gasteiger partial charge in [0.15, 0.2) is 0 Å². The Labute approximate surface area is 170 Å². The third-order valence-corrected chi connectivity index (χ3v) is 5.42. The fraction of sp³-hybridized carbons (Fsp3) is 0.435. The summed E-state index contributed by atoms with van der Waals surface area (Å²) in [6.07, 6.45) is 1.05. The minimum absolute atomic E-state index is 0.0283. The molecule has 0 radical (unpaired) electrons. The van der Waals surface area contributed by atoms with Gasteiger partial charge in [-0.3, -0.25) is 9.69 Å². The number of rotatable bonds is 8. The number of aliphatic hydroxyl groups excluding tert-OH is 1. The number of hydrogen-bond acceptors (Lipinski definition) is 6. The summed E-state index contributed by atoms with van der Waals surface area (Å²) in [5.41, 5.74) is 2.08. The van der Waals surface area contributed by atoms with Crippen LogP contribution < -0.4 is 10.7 Å². The van der Waals surface area contributed by atoms with E-state index in [0.29, 0.717) is 34.9 Å². The zero-order valence-electron chi connectivity index (χ0n) is 16.6. The third-order valence-electron chi connectivity index (χ3n) is 5.42. The Morgan fingerprint density at radius 1 is 1.07 bits per heavy atom. The van der Waals surface area contributed by atoms with Gasteiger partial charge in [0.25, 0.3) is 0 Å². The van der Waals surface area contributed by atoms with Crippen LogP contribution in [0.1, 0.15) is 12.0 Å². The Morgan fingerprint density at radius 2 is 1.86 bits per heavy atom. The van der Waals surface area contributed by atoms with Crippen LogP contribution in [0.4, 0.5) is 0 Å². The molecule has 0 saturated carbocycles. The second kappa shape index (κ2) is 9.50. The third kappa shape index (κ3) is 5.03. The molecule has 0 aliphatic carbocycles. The second-order valence-electron chi connectivity index (χ2n) is 7.63. The van der Waals surface area contributed by atoms with Gasteiger partial charge >= 0.3 is 0 Å². The van der Waals surface area contributed by atoms with Crippen LogP contribution in [0.25, 0.3) is 21.9 Å². The molecule has 4 rings (SSSR count). The highest BCUT2D eigenvalue weighted by Crippen LogP contribution is 2.20. The van der Waals surface area contributed by atoms with E-state index in [1.807, 2.05) is 30.3 Å². The SMILES string of the molecule is O=c1c2ccccc2oc2ccc(CC(O)CNCCCN3CCOCC3)cc12. The molecule has 2 heterocycles. The van der Waals surface area contributed by atoms with Crippen molar-refractivity contribution in [2.75, 3.05) is 45.9 Å². The molecule has 0 bridgehead atoms. The quantitative estimate of drug-likeness (QED) is 0.449. The number of hydrogen-bond donors (Lipinski definition) is 2. The van der Waals surface area contributed by atoms with Crippen LogP contribution in [0, 0.1) is 0 Å². The molecule has 0 spiro atoms. The van der Waals surface area contributed by atoms with E-state index in [4.69, 9.17) is 9.15 Å². The summed E-state index contributed by atoms with van der Waals surface area (Å²) in [5.74, 6) is 0. The highest BCUT2D eigenvalue weighted by atomic mass is 16.5. The van der Waals surface area contributed by atoms with E-state index in [1.54, 1.807) is 12.1 Å². The van der Waals surface area contributed by atoms with Crippen LogP contribution in [0.15, 0.2) is 51.7 Å². The second-order valence-corrected chi connectivity index (χ2v) is 7.63. The average Bonchev–Trinajstić information content (AvgIpc) is 2.75. The molecule has 2 N–H and O–H groups in total. The number of benzene rings is 2. The number of nitrogens with one attached hydrogen (secondary N) is 1. The Bertz CT molecular complexity index is 1010. The first-order chi connectivity index (χ1) is 14.2. The summed E-state index contributed by atoms with van der Waals surface area (Å²) in [4.78, 5) is 15.2. The van der Waals surface area contributed by atoms with Gasteiger partial charge in [-0.2, -0.15) is 0 Å². The molecule has 1 aliphatic rings. The van der Waals surface area contributed by atoms with Gasteiger partial charge in [0, 0.05) is 19.6 Å². The van der Waals surface area contributed by atoms with Gasteiger partial charge in [-0.1, -0.05) is 18.2 Å². The van der Waals surface area contributed by atoms with Crippen LogP contribution >= 0.6 is 0 Å². The maximum absolute atomic E-state index is 12.8. The van der Waals surface area contributed by atoms with E-state index in [-0.39, 0.29) is 5.43 Å². The molecular formula is C23H28N2O4. The van der Waals surface area contributed by atoms with Crippen LogP contribution in [0.2, 0.25) is 0 Å². The van der Waals surface area contributed by atoms with Crippen LogP contribution in [0.3, 0.4) is 0 Å². The van der Waals surface area contributed by atoms with E-state index >= 15 is 0 Å². The Balaban J connectivity index is 1.31. The standard InChI is InChI=1S/C23H28N2O4/c26-18(16-24-8-3-9-25-10-12-28-13-11-25)14-17-6-7-22-20(15-17)23(27)19-4-1-2-5-21(19)29-22/h1-2,4-7,15,18,24,26H,3,8-14,16H2. The summed E-state index contributed by atoms with van der Waals surface area (Å²) in [6, 6.07) is 12.9. The largest absolute Gasteiger partial charge is 0.456 e. The van der Waals surface area contributed by atoms with Crippen molar-refractivity contribution in [3.8, 4) is 0 Å². The van der Waals surface area contributed by atoms with Gasteiger partial charge in [0.2, 0.25) is 5.43 Å². The van der Waals surface area contributed by atoms with Crippen LogP contribution in [-0.2, 0) is 11.2 Å². The summed E-state index contributed by atoms with van der Waals surface area (Å²) in [7, 11) is 0. The van der Waals surface area contributed by atoms with E-state index < -0.39 is 6.10 Å². The lowest BCUT2D eigenvalue weighted by molar-refractivity contribution is 0.0373. The van der Waals surface area contributed by atoms with E-state index in [2.05, 4.69) is 10.2 Å². The molecule has 1 unspecified atom stereocenters. The Morgan fingerprint density at radius 3 is 2.72 bits per heavy atom. The van der Waals surface area contributed by atoms with Crippen molar-refractivity contribution in [2.45, 2.75) is 18.9 Å². The average molecular weight is 396 g/mol. The minimum Gasteiger partial charge on any atom is -0.456 e. The number of morpholine rings is 1. The molecule has 1 atom stereocenters. The van der Waals surface area contributed by atoms with Gasteiger partial charge in [-0.15, -0.1) is 0 Å². The van der Waals surface area contributed by atoms with Crippen molar-refractivity contribution < 1.29 is 14.3 Å². The molecule has 6 heteroatoms. The van der Waals surface area contributed by atoms with Gasteiger partial charge < -0.3 is 19.6 Å². The monoisotopic (exact) mass is 396 g/mol. The van der Waals surface area contributed by atoms with Crippen molar-refractivity contribution in [1.82, 2.24) is 10.2 Å². The lowest BCUT2D eigenvalue weighted by atomic mass is 10.0. The van der Waals surface area contributed by atoms with Gasteiger partial charge in [-0.25, -0.2) is 0 Å². The predicted octanol–water partition coefficient (Wildman–Crippen LogP) is 2.16. The summed E-state index contributed by atoms with van der Waals surface area (Å²) >= 11 is 0. The number of para-hydroxylation sites is 1. The molecular weight excluding hydrogens is 368 g/mol. The highest BCUT2D eigenvalue weighted by molar-refractivity contribution is 5.89. The minimum atomic E-state index is -0.497. The highest BCUT2D eigenvalue weighted by Gasteiger charge is 2.11. The molecule has 1 aliphatic heterocycles. The first-order valence-electron chi connectivity index (χ1n) is 10.3. The zero-order valence-corrected chi connectivity index (χ0v) is 16.6. The van der Waals surface area contributed by atoms with Crippen molar-refractivity contribution >= 4 is 21.9 Å². The van der Waals surface area contributed by atoms with Gasteiger partial charge in [0.1, 0.15) is 11.2 Å². The van der Waals surface area contributed by atoms with Crippen molar-refractivity contribution in [2.24, 2.45) is 0 Å². The fourth-order valence-electron chi connectivity index (χ4n) is 3.84. The number of fused-ring (bicyclic) bond motifs is 2. The topological polar surface area (TPSA) is 74.9 Å². The van der Waals surface area contributed by atoms with Crippen molar-refractivity contribution in [3.63, 3.8) is 0 Å². The summed E-state index contributed by atoms with van der Waals surface area (Å²) < 4.78 is 11.2. The zero-order chi connectivity index (χ0) is 20.1. The maximum Gasteiger partial charge on any atom is 0.200 e. The molecule has 29 heavy (non-hydrogen) atoms.